The molecule has 1 aromatic carbocycles. The van der Waals surface area contributed by atoms with Gasteiger partial charge in [0.05, 0.1) is 18.2 Å². The average molecular weight is 345 g/mol. The third-order valence-corrected chi connectivity index (χ3v) is 3.40. The highest BCUT2D eigenvalue weighted by molar-refractivity contribution is 6.31. The van der Waals surface area contributed by atoms with E-state index in [-0.39, 0.29) is 12.4 Å². The summed E-state index contributed by atoms with van der Waals surface area (Å²) in [7, 11) is 1.19. The molecule has 1 amide bonds. The molecule has 1 heterocycles. The molecular weight excluding hydrogens is 333 g/mol. The first kappa shape index (κ1) is 17.1. The minimum Gasteiger partial charge on any atom is -0.481 e. The number of nitrogens with one attached hydrogen (secondary N) is 1. The standard InChI is InChI=1S/C15H12ClF3N2O2/c1-23-13-6-11(15(17,18)19)10(8-20-13)14(22)21-7-9-4-2-3-5-12(9)16/h2-6,8H,7H2,1H3,(H,21,22). The lowest BCUT2D eigenvalue weighted by Gasteiger charge is -2.14. The second-order valence-corrected chi connectivity index (χ2v) is 4.95. The number of ether oxygens (including phenoxy) is 1. The van der Waals surface area contributed by atoms with Gasteiger partial charge in [-0.25, -0.2) is 4.98 Å². The third-order valence-electron chi connectivity index (χ3n) is 3.04. The number of hydrogen-bond acceptors (Lipinski definition) is 3. The quantitative estimate of drug-likeness (QED) is 0.920. The number of methoxy groups -OCH3 is 1. The molecule has 23 heavy (non-hydrogen) atoms. The summed E-state index contributed by atoms with van der Waals surface area (Å²) >= 11 is 5.94. The van der Waals surface area contributed by atoms with Crippen molar-refractivity contribution in [2.75, 3.05) is 7.11 Å². The highest BCUT2D eigenvalue weighted by atomic mass is 35.5. The number of halogens is 4. The highest BCUT2D eigenvalue weighted by Crippen LogP contribution is 2.33. The molecule has 0 radical (unpaired) electrons. The molecule has 8 heteroatoms. The lowest BCUT2D eigenvalue weighted by molar-refractivity contribution is -0.138. The maximum absolute atomic E-state index is 13.1. The van der Waals surface area contributed by atoms with Crippen molar-refractivity contribution in [2.24, 2.45) is 0 Å². The summed E-state index contributed by atoms with van der Waals surface area (Å²) < 4.78 is 43.9. The van der Waals surface area contributed by atoms with E-state index in [4.69, 9.17) is 11.6 Å². The summed E-state index contributed by atoms with van der Waals surface area (Å²) in [5, 5.41) is 2.82. The summed E-state index contributed by atoms with van der Waals surface area (Å²) in [6.07, 6.45) is -3.86. The Balaban J connectivity index is 2.24. The van der Waals surface area contributed by atoms with Gasteiger partial charge in [0.2, 0.25) is 5.88 Å². The van der Waals surface area contributed by atoms with E-state index < -0.39 is 23.2 Å². The van der Waals surface area contributed by atoms with Gasteiger partial charge in [0, 0.05) is 23.8 Å². The molecule has 0 aliphatic carbocycles. The van der Waals surface area contributed by atoms with Gasteiger partial charge >= 0.3 is 6.18 Å². The zero-order valence-corrected chi connectivity index (χ0v) is 12.7. The van der Waals surface area contributed by atoms with Crippen LogP contribution >= 0.6 is 11.6 Å². The van der Waals surface area contributed by atoms with E-state index in [1.54, 1.807) is 24.3 Å². The largest absolute Gasteiger partial charge is 0.481 e. The zero-order chi connectivity index (χ0) is 17.0. The molecule has 4 nitrogen and oxygen atoms in total. The molecule has 0 fully saturated rings. The molecule has 0 saturated heterocycles. The molecule has 0 unspecified atom stereocenters. The van der Waals surface area contributed by atoms with Crippen LogP contribution in [0.2, 0.25) is 5.02 Å². The summed E-state index contributed by atoms with van der Waals surface area (Å²) in [4.78, 5) is 15.7. The molecule has 122 valence electrons. The molecule has 2 aromatic rings. The Morgan fingerprint density at radius 2 is 2.04 bits per heavy atom. The Hall–Kier alpha value is -2.28. The number of pyridine rings is 1. The Kier molecular flexibility index (Phi) is 5.10. The molecule has 0 bridgehead atoms. The maximum atomic E-state index is 13.1. The maximum Gasteiger partial charge on any atom is 0.417 e. The minimum absolute atomic E-state index is 0.00182. The number of hydrogen-bond donors (Lipinski definition) is 1. The van der Waals surface area contributed by atoms with Crippen LogP contribution in [-0.4, -0.2) is 18.0 Å². The number of nitrogens with zero attached hydrogens (tertiary/aromatic N) is 1. The van der Waals surface area contributed by atoms with Crippen LogP contribution in [0.15, 0.2) is 36.5 Å². The first-order valence-corrected chi connectivity index (χ1v) is 6.83. The van der Waals surface area contributed by atoms with Gasteiger partial charge in [0.25, 0.3) is 5.91 Å². The summed E-state index contributed by atoms with van der Waals surface area (Å²) in [6.45, 7) is 0.00182. The van der Waals surface area contributed by atoms with Gasteiger partial charge in [-0.05, 0) is 11.6 Å². The van der Waals surface area contributed by atoms with Gasteiger partial charge in [-0.15, -0.1) is 0 Å². The summed E-state index contributed by atoms with van der Waals surface area (Å²) in [5.74, 6) is -1.12. The van der Waals surface area contributed by atoms with Gasteiger partial charge in [-0.3, -0.25) is 4.79 Å². The van der Waals surface area contributed by atoms with Crippen molar-refractivity contribution >= 4 is 17.5 Å². The fraction of sp³-hybridized carbons (Fsp3) is 0.200. The average Bonchev–Trinajstić information content (AvgIpc) is 2.52. The second-order valence-electron chi connectivity index (χ2n) is 4.54. The lowest BCUT2D eigenvalue weighted by Crippen LogP contribution is -2.26. The van der Waals surface area contributed by atoms with E-state index >= 15 is 0 Å². The molecule has 1 N–H and O–H groups in total. The monoisotopic (exact) mass is 344 g/mol. The first-order valence-electron chi connectivity index (χ1n) is 6.45. The van der Waals surface area contributed by atoms with E-state index in [0.29, 0.717) is 16.7 Å². The molecule has 0 aliphatic rings. The molecule has 2 rings (SSSR count). The highest BCUT2D eigenvalue weighted by Gasteiger charge is 2.36. The Morgan fingerprint density at radius 1 is 1.35 bits per heavy atom. The van der Waals surface area contributed by atoms with Crippen LogP contribution in [0.1, 0.15) is 21.5 Å². The second kappa shape index (κ2) is 6.87. The fourth-order valence-corrected chi connectivity index (χ4v) is 2.08. The third kappa shape index (κ3) is 4.13. The van der Waals surface area contributed by atoms with Crippen molar-refractivity contribution in [3.05, 3.63) is 58.2 Å². The molecule has 0 spiro atoms. The molecule has 1 aromatic heterocycles. The summed E-state index contributed by atoms with van der Waals surface area (Å²) in [5.41, 5.74) is -1.09. The topological polar surface area (TPSA) is 51.2 Å². The number of alkyl halides is 3. The van der Waals surface area contributed by atoms with Crippen LogP contribution in [0.25, 0.3) is 0 Å². The Labute approximate surface area is 135 Å². The van der Waals surface area contributed by atoms with Crippen molar-refractivity contribution in [3.8, 4) is 5.88 Å². The van der Waals surface area contributed by atoms with Crippen LogP contribution in [0, 0.1) is 0 Å². The Morgan fingerprint density at radius 3 is 2.65 bits per heavy atom. The number of amides is 1. The van der Waals surface area contributed by atoms with Gasteiger partial charge in [0.15, 0.2) is 0 Å². The number of carbonyl (C=O) groups excluding carboxylic acids is 1. The van der Waals surface area contributed by atoms with Gasteiger partial charge in [0.1, 0.15) is 0 Å². The zero-order valence-electron chi connectivity index (χ0n) is 11.9. The van der Waals surface area contributed by atoms with Gasteiger partial charge < -0.3 is 10.1 Å². The smallest absolute Gasteiger partial charge is 0.417 e. The predicted molar refractivity (Wildman–Crippen MR) is 78.4 cm³/mol. The van der Waals surface area contributed by atoms with Crippen molar-refractivity contribution in [1.82, 2.24) is 10.3 Å². The van der Waals surface area contributed by atoms with E-state index in [2.05, 4.69) is 15.0 Å². The van der Waals surface area contributed by atoms with Crippen molar-refractivity contribution < 1.29 is 22.7 Å². The van der Waals surface area contributed by atoms with E-state index in [1.807, 2.05) is 0 Å². The van der Waals surface area contributed by atoms with E-state index in [0.717, 1.165) is 6.20 Å². The van der Waals surface area contributed by atoms with Crippen LogP contribution in [0.4, 0.5) is 13.2 Å². The molecular formula is C15H12ClF3N2O2. The number of carbonyl (C=O) groups is 1. The molecule has 0 atom stereocenters. The SMILES string of the molecule is COc1cc(C(F)(F)F)c(C(=O)NCc2ccccc2Cl)cn1. The van der Waals surface area contributed by atoms with Crippen molar-refractivity contribution in [1.29, 1.82) is 0 Å². The summed E-state index contributed by atoms with van der Waals surface area (Å²) in [6, 6.07) is 7.40. The van der Waals surface area contributed by atoms with Crippen molar-refractivity contribution in [3.63, 3.8) is 0 Å². The molecule has 0 saturated carbocycles. The number of benzene rings is 1. The lowest BCUT2D eigenvalue weighted by atomic mass is 10.1. The Bertz CT molecular complexity index is 720. The molecule has 0 aliphatic heterocycles. The van der Waals surface area contributed by atoms with Gasteiger partial charge in [-0.1, -0.05) is 29.8 Å². The first-order chi connectivity index (χ1) is 10.8. The number of rotatable bonds is 4. The van der Waals surface area contributed by atoms with Crippen LogP contribution < -0.4 is 10.1 Å². The van der Waals surface area contributed by atoms with Crippen LogP contribution in [0.5, 0.6) is 5.88 Å². The van der Waals surface area contributed by atoms with E-state index in [9.17, 15) is 18.0 Å². The van der Waals surface area contributed by atoms with Crippen LogP contribution in [0.3, 0.4) is 0 Å². The predicted octanol–water partition coefficient (Wildman–Crippen LogP) is 3.69. The van der Waals surface area contributed by atoms with Crippen molar-refractivity contribution in [2.45, 2.75) is 12.7 Å². The minimum atomic E-state index is -4.70. The normalized spacial score (nSPS) is 11.2. The fourth-order valence-electron chi connectivity index (χ4n) is 1.88. The number of aromatic nitrogens is 1. The van der Waals surface area contributed by atoms with E-state index in [1.165, 1.54) is 7.11 Å². The van der Waals surface area contributed by atoms with Gasteiger partial charge in [-0.2, -0.15) is 13.2 Å². The van der Waals surface area contributed by atoms with Crippen LogP contribution in [-0.2, 0) is 12.7 Å².